The van der Waals surface area contributed by atoms with Gasteiger partial charge in [0, 0.05) is 11.5 Å². The molecule has 2 aromatic rings. The molecule has 0 bridgehead atoms. The summed E-state index contributed by atoms with van der Waals surface area (Å²) in [5.41, 5.74) is 1.78. The van der Waals surface area contributed by atoms with Crippen molar-refractivity contribution in [3.63, 3.8) is 0 Å². The van der Waals surface area contributed by atoms with Crippen LogP contribution in [0.4, 0.5) is 5.82 Å². The molecule has 130 valence electrons. The highest BCUT2D eigenvalue weighted by Gasteiger charge is 2.21. The molecule has 0 aliphatic rings. The number of carbonyl (C=O) groups is 1. The van der Waals surface area contributed by atoms with Gasteiger partial charge in [0.15, 0.2) is 0 Å². The van der Waals surface area contributed by atoms with Gasteiger partial charge < -0.3 is 10.6 Å². The third-order valence-corrected chi connectivity index (χ3v) is 3.58. The number of aromatic nitrogens is 2. The summed E-state index contributed by atoms with van der Waals surface area (Å²) in [7, 11) is 0. The maximum atomic E-state index is 12.2. The predicted molar refractivity (Wildman–Crippen MR) is 98.6 cm³/mol. The lowest BCUT2D eigenvalue weighted by molar-refractivity contribution is -0.115. The highest BCUT2D eigenvalue weighted by atomic mass is 16.2. The van der Waals surface area contributed by atoms with Crippen molar-refractivity contribution in [2.75, 3.05) is 18.4 Å². The lowest BCUT2D eigenvalue weighted by Gasteiger charge is -2.14. The van der Waals surface area contributed by atoms with Gasteiger partial charge in [-0.15, -0.1) is 0 Å². The van der Waals surface area contributed by atoms with Gasteiger partial charge in [-0.05, 0) is 24.6 Å². The third kappa shape index (κ3) is 4.93. The molecular formula is C19H28N4O. The normalized spacial score (nSPS) is 11.8. The van der Waals surface area contributed by atoms with Crippen molar-refractivity contribution in [2.24, 2.45) is 5.92 Å². The summed E-state index contributed by atoms with van der Waals surface area (Å²) in [6, 6.07) is 11.8. The van der Waals surface area contributed by atoms with E-state index >= 15 is 0 Å². The lowest BCUT2D eigenvalue weighted by Crippen LogP contribution is -2.31. The Bertz CT molecular complexity index is 668. The number of benzene rings is 1. The first-order chi connectivity index (χ1) is 11.3. The second-order valence-electron chi connectivity index (χ2n) is 7.49. The Balaban J connectivity index is 2.21. The Labute approximate surface area is 144 Å². The number of hydrogen-bond donors (Lipinski definition) is 2. The minimum atomic E-state index is -0.0879. The van der Waals surface area contributed by atoms with Crippen molar-refractivity contribution in [1.82, 2.24) is 15.1 Å². The van der Waals surface area contributed by atoms with Gasteiger partial charge >= 0.3 is 0 Å². The SMILES string of the molecule is CC(C)CNCC(=O)Nc1cc(C(C)(C)C)nn1-c1ccccc1. The second-order valence-corrected chi connectivity index (χ2v) is 7.49. The van der Waals surface area contributed by atoms with Gasteiger partial charge in [0.25, 0.3) is 0 Å². The van der Waals surface area contributed by atoms with Crippen molar-refractivity contribution in [3.05, 3.63) is 42.1 Å². The van der Waals surface area contributed by atoms with E-state index in [0.717, 1.165) is 17.9 Å². The average molecular weight is 328 g/mol. The Hall–Kier alpha value is -2.14. The number of hydrogen-bond acceptors (Lipinski definition) is 3. The monoisotopic (exact) mass is 328 g/mol. The van der Waals surface area contributed by atoms with Gasteiger partial charge in [-0.2, -0.15) is 5.10 Å². The van der Waals surface area contributed by atoms with Crippen molar-refractivity contribution in [3.8, 4) is 5.69 Å². The average Bonchev–Trinajstić information content (AvgIpc) is 2.91. The number of nitrogens with one attached hydrogen (secondary N) is 2. The molecule has 1 heterocycles. The summed E-state index contributed by atoms with van der Waals surface area (Å²) in [5.74, 6) is 1.15. The molecule has 1 aromatic carbocycles. The first-order valence-electron chi connectivity index (χ1n) is 8.44. The molecule has 0 radical (unpaired) electrons. The molecule has 24 heavy (non-hydrogen) atoms. The van der Waals surface area contributed by atoms with E-state index in [1.807, 2.05) is 36.4 Å². The van der Waals surface area contributed by atoms with Crippen LogP contribution in [0.1, 0.15) is 40.3 Å². The third-order valence-electron chi connectivity index (χ3n) is 3.58. The fourth-order valence-electron chi connectivity index (χ4n) is 2.26. The van der Waals surface area contributed by atoms with E-state index in [-0.39, 0.29) is 11.3 Å². The van der Waals surface area contributed by atoms with Crippen molar-refractivity contribution in [1.29, 1.82) is 0 Å². The first kappa shape index (κ1) is 18.2. The van der Waals surface area contributed by atoms with Crippen LogP contribution >= 0.6 is 0 Å². The minimum absolute atomic E-state index is 0.0619. The second kappa shape index (κ2) is 7.62. The molecule has 5 nitrogen and oxygen atoms in total. The molecule has 0 saturated heterocycles. The Morgan fingerprint density at radius 3 is 2.46 bits per heavy atom. The van der Waals surface area contributed by atoms with Gasteiger partial charge in [-0.3, -0.25) is 4.79 Å². The number of carbonyl (C=O) groups excluding carboxylic acids is 1. The summed E-state index contributed by atoms with van der Waals surface area (Å²) in [6.45, 7) is 11.7. The molecule has 1 aromatic heterocycles. The molecule has 2 rings (SSSR count). The molecular weight excluding hydrogens is 300 g/mol. The van der Waals surface area contributed by atoms with Crippen molar-refractivity contribution >= 4 is 11.7 Å². The standard InChI is InChI=1S/C19H28N4O/c1-14(2)12-20-13-18(24)21-17-11-16(19(3,4)5)22-23(17)15-9-7-6-8-10-15/h6-11,14,20H,12-13H2,1-5H3,(H,21,24). The van der Waals surface area contributed by atoms with E-state index in [0.29, 0.717) is 18.3 Å². The van der Waals surface area contributed by atoms with Gasteiger partial charge in [-0.1, -0.05) is 52.8 Å². The van der Waals surface area contributed by atoms with E-state index < -0.39 is 0 Å². The van der Waals surface area contributed by atoms with Crippen LogP contribution in [0.5, 0.6) is 0 Å². The van der Waals surface area contributed by atoms with Crippen LogP contribution in [0, 0.1) is 5.92 Å². The predicted octanol–water partition coefficient (Wildman–Crippen LogP) is 3.35. The van der Waals surface area contributed by atoms with Gasteiger partial charge in [0.2, 0.25) is 5.91 Å². The van der Waals surface area contributed by atoms with Crippen LogP contribution in [0.3, 0.4) is 0 Å². The van der Waals surface area contributed by atoms with E-state index in [1.165, 1.54) is 0 Å². The molecule has 0 aliphatic heterocycles. The number of nitrogens with zero attached hydrogens (tertiary/aromatic N) is 2. The van der Waals surface area contributed by atoms with E-state index in [4.69, 9.17) is 5.10 Å². The number of anilines is 1. The van der Waals surface area contributed by atoms with Crippen LogP contribution in [0.15, 0.2) is 36.4 Å². The van der Waals surface area contributed by atoms with Gasteiger partial charge in [0.1, 0.15) is 5.82 Å². The van der Waals surface area contributed by atoms with Crippen LogP contribution < -0.4 is 10.6 Å². The zero-order valence-electron chi connectivity index (χ0n) is 15.3. The topological polar surface area (TPSA) is 59.0 Å². The van der Waals surface area contributed by atoms with Crippen LogP contribution in [-0.4, -0.2) is 28.8 Å². The summed E-state index contributed by atoms with van der Waals surface area (Å²) >= 11 is 0. The van der Waals surface area contributed by atoms with Crippen molar-refractivity contribution in [2.45, 2.75) is 40.0 Å². The van der Waals surface area contributed by atoms with E-state index in [9.17, 15) is 4.79 Å². The summed E-state index contributed by atoms with van der Waals surface area (Å²) in [5, 5.41) is 10.8. The smallest absolute Gasteiger partial charge is 0.239 e. The first-order valence-corrected chi connectivity index (χ1v) is 8.44. The van der Waals surface area contributed by atoms with Crippen LogP contribution in [-0.2, 0) is 10.2 Å². The summed E-state index contributed by atoms with van der Waals surface area (Å²) in [4.78, 5) is 12.2. The van der Waals surface area contributed by atoms with Crippen LogP contribution in [0.25, 0.3) is 5.69 Å². The zero-order chi connectivity index (χ0) is 17.7. The minimum Gasteiger partial charge on any atom is -0.309 e. The fourth-order valence-corrected chi connectivity index (χ4v) is 2.26. The Kier molecular flexibility index (Phi) is 5.78. The maximum Gasteiger partial charge on any atom is 0.239 e. The highest BCUT2D eigenvalue weighted by molar-refractivity contribution is 5.91. The van der Waals surface area contributed by atoms with E-state index in [1.54, 1.807) is 4.68 Å². The molecule has 1 amide bonds. The molecule has 0 unspecified atom stereocenters. The van der Waals surface area contributed by atoms with E-state index in [2.05, 4.69) is 45.3 Å². The Morgan fingerprint density at radius 2 is 1.88 bits per heavy atom. The molecule has 0 fully saturated rings. The van der Waals surface area contributed by atoms with Crippen molar-refractivity contribution < 1.29 is 4.79 Å². The number of amides is 1. The lowest BCUT2D eigenvalue weighted by atomic mass is 9.92. The quantitative estimate of drug-likeness (QED) is 0.855. The fraction of sp³-hybridized carbons (Fsp3) is 0.474. The molecule has 5 heteroatoms. The Morgan fingerprint density at radius 1 is 1.21 bits per heavy atom. The molecule has 0 saturated carbocycles. The molecule has 0 spiro atoms. The van der Waals surface area contributed by atoms with Gasteiger partial charge in [-0.25, -0.2) is 4.68 Å². The number of rotatable bonds is 6. The molecule has 0 aliphatic carbocycles. The maximum absolute atomic E-state index is 12.2. The highest BCUT2D eigenvalue weighted by Crippen LogP contribution is 2.26. The zero-order valence-corrected chi connectivity index (χ0v) is 15.3. The molecule has 2 N–H and O–H groups in total. The molecule has 0 atom stereocenters. The summed E-state index contributed by atoms with van der Waals surface area (Å²) in [6.07, 6.45) is 0. The summed E-state index contributed by atoms with van der Waals surface area (Å²) < 4.78 is 1.79. The largest absolute Gasteiger partial charge is 0.309 e. The van der Waals surface area contributed by atoms with Gasteiger partial charge in [0.05, 0.1) is 17.9 Å². The number of para-hydroxylation sites is 1. The van der Waals surface area contributed by atoms with Crippen LogP contribution in [0.2, 0.25) is 0 Å².